The Morgan fingerprint density at radius 2 is 2.07 bits per heavy atom. The maximum Gasteiger partial charge on any atom is 0.337 e. The first-order valence-electron chi connectivity index (χ1n) is 8.33. The van der Waals surface area contributed by atoms with Crippen molar-refractivity contribution in [1.29, 1.82) is 0 Å². The van der Waals surface area contributed by atoms with Crippen LogP contribution in [-0.4, -0.2) is 37.3 Å². The number of aromatic carboxylic acids is 1. The molecular weight excluding hydrogens is 416 g/mol. The lowest BCUT2D eigenvalue weighted by Crippen LogP contribution is -2.27. The second kappa shape index (κ2) is 7.95. The van der Waals surface area contributed by atoms with Crippen molar-refractivity contribution in [2.75, 3.05) is 6.54 Å². The number of rotatable bonds is 5. The lowest BCUT2D eigenvalue weighted by atomic mass is 10.2. The summed E-state index contributed by atoms with van der Waals surface area (Å²) in [6, 6.07) is 6.82. The van der Waals surface area contributed by atoms with Crippen molar-refractivity contribution in [3.63, 3.8) is 0 Å². The van der Waals surface area contributed by atoms with Crippen LogP contribution >= 0.6 is 35.6 Å². The second-order valence-corrected chi connectivity index (χ2v) is 8.30. The van der Waals surface area contributed by atoms with Crippen LogP contribution in [0, 0.1) is 13.8 Å². The number of carboxylic acids is 1. The molecule has 0 aliphatic carbocycles. The van der Waals surface area contributed by atoms with Gasteiger partial charge in [-0.2, -0.15) is 0 Å². The molecule has 1 fully saturated rings. The number of halogens is 1. The Morgan fingerprint density at radius 3 is 2.71 bits per heavy atom. The van der Waals surface area contributed by atoms with Crippen LogP contribution in [0.1, 0.15) is 27.3 Å². The number of thiocarbonyl (C=S) groups is 1. The number of aryl methyl sites for hydroxylation is 1. The minimum atomic E-state index is -1.08. The molecule has 1 amide bonds. The van der Waals surface area contributed by atoms with Crippen molar-refractivity contribution >= 4 is 57.9 Å². The minimum absolute atomic E-state index is 0.0403. The van der Waals surface area contributed by atoms with Gasteiger partial charge < -0.3 is 9.67 Å². The zero-order valence-corrected chi connectivity index (χ0v) is 17.6. The minimum Gasteiger partial charge on any atom is -0.478 e. The van der Waals surface area contributed by atoms with E-state index in [1.165, 1.54) is 22.7 Å². The Bertz CT molecular complexity index is 1060. The van der Waals surface area contributed by atoms with E-state index in [0.717, 1.165) is 17.0 Å². The number of aromatic nitrogens is 1. The van der Waals surface area contributed by atoms with E-state index in [1.54, 1.807) is 18.2 Å². The largest absolute Gasteiger partial charge is 0.478 e. The van der Waals surface area contributed by atoms with Gasteiger partial charge in [-0.05, 0) is 49.8 Å². The van der Waals surface area contributed by atoms with E-state index < -0.39 is 5.97 Å². The van der Waals surface area contributed by atoms with Crippen LogP contribution in [0.4, 0.5) is 0 Å². The SMILES string of the molecule is C=CCN1C(=O)/C(=C/c2cc(C)n(-c3ccc(Cl)c(C(=O)O)c3)c2C)SC1=S. The molecule has 0 saturated carbocycles. The molecule has 2 aromatic rings. The van der Waals surface area contributed by atoms with Gasteiger partial charge in [0.2, 0.25) is 0 Å². The molecule has 0 radical (unpaired) electrons. The third-order valence-electron chi connectivity index (χ3n) is 4.38. The molecule has 1 aromatic carbocycles. The number of carboxylic acid groups (broad SMARTS) is 1. The Kier molecular flexibility index (Phi) is 5.79. The molecule has 1 N–H and O–H groups in total. The number of hydrogen-bond acceptors (Lipinski definition) is 4. The van der Waals surface area contributed by atoms with Gasteiger partial charge in [-0.15, -0.1) is 6.58 Å². The first kappa shape index (κ1) is 20.4. The summed E-state index contributed by atoms with van der Waals surface area (Å²) in [4.78, 5) is 26.0. The number of amides is 1. The molecule has 0 bridgehead atoms. The molecule has 3 rings (SSSR count). The van der Waals surface area contributed by atoms with Gasteiger partial charge in [0.1, 0.15) is 4.32 Å². The van der Waals surface area contributed by atoms with Crippen molar-refractivity contribution in [2.45, 2.75) is 13.8 Å². The van der Waals surface area contributed by atoms with E-state index in [4.69, 9.17) is 23.8 Å². The topological polar surface area (TPSA) is 62.5 Å². The lowest BCUT2D eigenvalue weighted by molar-refractivity contribution is -0.121. The highest BCUT2D eigenvalue weighted by Crippen LogP contribution is 2.34. The monoisotopic (exact) mass is 432 g/mol. The van der Waals surface area contributed by atoms with Gasteiger partial charge >= 0.3 is 5.97 Å². The van der Waals surface area contributed by atoms with E-state index in [9.17, 15) is 14.7 Å². The highest BCUT2D eigenvalue weighted by atomic mass is 35.5. The molecule has 1 saturated heterocycles. The summed E-state index contributed by atoms with van der Waals surface area (Å²) >= 11 is 12.5. The number of thioether (sulfide) groups is 1. The first-order chi connectivity index (χ1) is 13.2. The van der Waals surface area contributed by atoms with Crippen LogP contribution < -0.4 is 0 Å². The van der Waals surface area contributed by atoms with E-state index in [0.29, 0.717) is 21.5 Å². The highest BCUT2D eigenvalue weighted by molar-refractivity contribution is 8.26. The summed E-state index contributed by atoms with van der Waals surface area (Å²) < 4.78 is 2.44. The Hall–Kier alpha value is -2.35. The summed E-state index contributed by atoms with van der Waals surface area (Å²) in [6.07, 6.45) is 3.45. The van der Waals surface area contributed by atoms with Gasteiger partial charge in [0.15, 0.2) is 0 Å². The molecule has 28 heavy (non-hydrogen) atoms. The van der Waals surface area contributed by atoms with Crippen molar-refractivity contribution in [3.8, 4) is 5.69 Å². The molecule has 8 heteroatoms. The van der Waals surface area contributed by atoms with Crippen LogP contribution in [0.15, 0.2) is 41.8 Å². The van der Waals surface area contributed by atoms with E-state index in [1.807, 2.05) is 30.6 Å². The number of hydrogen-bond donors (Lipinski definition) is 1. The van der Waals surface area contributed by atoms with E-state index >= 15 is 0 Å². The molecule has 1 aromatic heterocycles. The second-order valence-electron chi connectivity index (χ2n) is 6.21. The average molecular weight is 433 g/mol. The normalized spacial score (nSPS) is 15.5. The average Bonchev–Trinajstić information content (AvgIpc) is 3.06. The first-order valence-corrected chi connectivity index (χ1v) is 9.93. The fourth-order valence-electron chi connectivity index (χ4n) is 3.08. The Balaban J connectivity index is 2.03. The lowest BCUT2D eigenvalue weighted by Gasteiger charge is -2.11. The van der Waals surface area contributed by atoms with Crippen molar-refractivity contribution in [1.82, 2.24) is 9.47 Å². The molecule has 144 valence electrons. The Labute approximate surface area is 177 Å². The predicted octanol–water partition coefficient (Wildman–Crippen LogP) is 4.83. The maximum absolute atomic E-state index is 12.6. The Morgan fingerprint density at radius 1 is 1.36 bits per heavy atom. The fraction of sp³-hybridized carbons (Fsp3) is 0.150. The molecule has 0 spiro atoms. The van der Waals surface area contributed by atoms with Crippen LogP contribution in [0.25, 0.3) is 11.8 Å². The van der Waals surface area contributed by atoms with E-state index in [2.05, 4.69) is 6.58 Å². The van der Waals surface area contributed by atoms with Crippen LogP contribution in [0.2, 0.25) is 5.02 Å². The predicted molar refractivity (Wildman–Crippen MR) is 117 cm³/mol. The van der Waals surface area contributed by atoms with Gasteiger partial charge in [0, 0.05) is 23.6 Å². The van der Waals surface area contributed by atoms with Crippen molar-refractivity contribution in [2.24, 2.45) is 0 Å². The van der Waals surface area contributed by atoms with Gasteiger partial charge in [-0.1, -0.05) is 41.7 Å². The summed E-state index contributed by atoms with van der Waals surface area (Å²) in [7, 11) is 0. The molecule has 2 heterocycles. The van der Waals surface area contributed by atoms with Gasteiger partial charge in [-0.3, -0.25) is 9.69 Å². The third-order valence-corrected chi connectivity index (χ3v) is 6.09. The summed E-state index contributed by atoms with van der Waals surface area (Å²) in [5.41, 5.74) is 3.38. The summed E-state index contributed by atoms with van der Waals surface area (Å²) in [6.45, 7) is 7.87. The van der Waals surface area contributed by atoms with Gasteiger partial charge in [-0.25, -0.2) is 4.79 Å². The molecule has 1 aliphatic rings. The quantitative estimate of drug-likeness (QED) is 0.416. The third kappa shape index (κ3) is 3.65. The smallest absolute Gasteiger partial charge is 0.337 e. The van der Waals surface area contributed by atoms with E-state index in [-0.39, 0.29) is 16.5 Å². The summed E-state index contributed by atoms with van der Waals surface area (Å²) in [5, 5.41) is 9.51. The van der Waals surface area contributed by atoms with Gasteiger partial charge in [0.05, 0.1) is 15.5 Å². The maximum atomic E-state index is 12.6. The molecule has 1 aliphatic heterocycles. The van der Waals surface area contributed by atoms with Crippen LogP contribution in [0.3, 0.4) is 0 Å². The molecular formula is C20H17ClN2O3S2. The van der Waals surface area contributed by atoms with Crippen molar-refractivity contribution < 1.29 is 14.7 Å². The van der Waals surface area contributed by atoms with Crippen LogP contribution in [-0.2, 0) is 4.79 Å². The molecule has 0 atom stereocenters. The molecule has 0 unspecified atom stereocenters. The number of carbonyl (C=O) groups is 2. The van der Waals surface area contributed by atoms with Crippen molar-refractivity contribution in [3.05, 3.63) is 69.4 Å². The number of carbonyl (C=O) groups excluding carboxylic acids is 1. The fourth-order valence-corrected chi connectivity index (χ4v) is 4.54. The number of nitrogens with zero attached hydrogens (tertiary/aromatic N) is 2. The zero-order valence-electron chi connectivity index (χ0n) is 15.2. The standard InChI is InChI=1S/C20H17ClN2O3S2/c1-4-7-22-18(24)17(28-20(22)27)9-13-8-11(2)23(12(13)3)14-5-6-16(21)15(10-14)19(25)26/h4-6,8-10H,1,7H2,2-3H3,(H,25,26)/b17-9-. The van der Waals surface area contributed by atoms with Gasteiger partial charge in [0.25, 0.3) is 5.91 Å². The number of benzene rings is 1. The van der Waals surface area contributed by atoms with Crippen LogP contribution in [0.5, 0.6) is 0 Å². The zero-order chi connectivity index (χ0) is 20.6. The summed E-state index contributed by atoms with van der Waals surface area (Å²) in [5.74, 6) is -1.22. The molecule has 5 nitrogen and oxygen atoms in total. The highest BCUT2D eigenvalue weighted by Gasteiger charge is 2.31.